The third-order valence-corrected chi connectivity index (χ3v) is 10.3. The van der Waals surface area contributed by atoms with E-state index in [2.05, 4.69) is 10.6 Å². The standard InChI is InChI=1S/C28H33N3O5S/c1-27-13-14-28(37-27)22(21(27)24(33)29-2)26(35)31(19(16-32)15-17-7-5-4-6-8-17)23(28)25(34)30-18-9-11-20(36-3)12-10-18/h4-12,19,21-23,32H,13-16H2,1-3H3,(H,29,33)(H,30,34)/t19-,21-,22+,23?,27+,28?/m1/s1. The fourth-order valence-electron chi connectivity index (χ4n) is 6.64. The molecule has 2 aromatic carbocycles. The van der Waals surface area contributed by atoms with E-state index in [-0.39, 0.29) is 24.3 Å². The van der Waals surface area contributed by atoms with Gasteiger partial charge in [0.15, 0.2) is 0 Å². The number of thioether (sulfide) groups is 1. The molecule has 3 N–H and O–H groups in total. The van der Waals surface area contributed by atoms with Crippen LogP contribution in [0.15, 0.2) is 54.6 Å². The molecular formula is C28H33N3O5S. The molecule has 6 atom stereocenters. The van der Waals surface area contributed by atoms with Crippen molar-refractivity contribution in [1.29, 1.82) is 0 Å². The minimum Gasteiger partial charge on any atom is -0.497 e. The van der Waals surface area contributed by atoms with Crippen LogP contribution in [-0.2, 0) is 20.8 Å². The van der Waals surface area contributed by atoms with Crippen LogP contribution in [0.25, 0.3) is 0 Å². The van der Waals surface area contributed by atoms with E-state index in [9.17, 15) is 19.5 Å². The molecule has 3 amide bonds. The lowest BCUT2D eigenvalue weighted by atomic mass is 9.66. The number of benzene rings is 2. The summed E-state index contributed by atoms with van der Waals surface area (Å²) >= 11 is 1.61. The minimum atomic E-state index is -0.825. The minimum absolute atomic E-state index is 0.172. The number of carbonyl (C=O) groups is 3. The van der Waals surface area contributed by atoms with Gasteiger partial charge in [-0.1, -0.05) is 30.3 Å². The van der Waals surface area contributed by atoms with Gasteiger partial charge in [-0.3, -0.25) is 14.4 Å². The first kappa shape index (κ1) is 25.6. The molecule has 3 aliphatic rings. The lowest BCUT2D eigenvalue weighted by Gasteiger charge is -2.37. The number of fused-ring (bicyclic) bond motifs is 1. The molecule has 1 spiro atoms. The molecule has 3 fully saturated rings. The van der Waals surface area contributed by atoms with Gasteiger partial charge in [-0.15, -0.1) is 11.8 Å². The summed E-state index contributed by atoms with van der Waals surface area (Å²) in [5.41, 5.74) is 1.55. The maximum Gasteiger partial charge on any atom is 0.248 e. The first-order valence-corrected chi connectivity index (χ1v) is 13.4. The molecule has 3 heterocycles. The van der Waals surface area contributed by atoms with Gasteiger partial charge in [-0.05, 0) is 56.0 Å². The first-order chi connectivity index (χ1) is 17.8. The average molecular weight is 524 g/mol. The fourth-order valence-corrected chi connectivity index (χ4v) is 8.98. The predicted molar refractivity (Wildman–Crippen MR) is 142 cm³/mol. The maximum atomic E-state index is 14.2. The molecule has 37 heavy (non-hydrogen) atoms. The summed E-state index contributed by atoms with van der Waals surface area (Å²) in [6.07, 6.45) is 1.80. The SMILES string of the molecule is CNC(=O)[C@H]1[C@H]2C(=O)N([C@@H](CO)Cc3ccccc3)C(C(=O)Nc3ccc(OC)cc3)C23CC[C@]1(C)S3. The second-order valence-electron chi connectivity index (χ2n) is 10.3. The topological polar surface area (TPSA) is 108 Å². The normalized spacial score (nSPS) is 30.6. The van der Waals surface area contributed by atoms with Crippen LogP contribution >= 0.6 is 11.8 Å². The number of anilines is 1. The van der Waals surface area contributed by atoms with Gasteiger partial charge in [-0.25, -0.2) is 0 Å². The van der Waals surface area contributed by atoms with Gasteiger partial charge in [0.25, 0.3) is 0 Å². The van der Waals surface area contributed by atoms with Crippen molar-refractivity contribution in [3.63, 3.8) is 0 Å². The Morgan fingerprint density at radius 3 is 2.46 bits per heavy atom. The summed E-state index contributed by atoms with van der Waals surface area (Å²) in [4.78, 5) is 42.9. The monoisotopic (exact) mass is 523 g/mol. The van der Waals surface area contributed by atoms with Crippen molar-refractivity contribution in [2.75, 3.05) is 26.1 Å². The Kier molecular flexibility index (Phi) is 6.70. The van der Waals surface area contributed by atoms with E-state index in [1.807, 2.05) is 37.3 Å². The number of aliphatic hydroxyl groups excluding tert-OH is 1. The van der Waals surface area contributed by atoms with Crippen molar-refractivity contribution in [3.05, 3.63) is 60.2 Å². The van der Waals surface area contributed by atoms with Gasteiger partial charge in [0.1, 0.15) is 11.8 Å². The van der Waals surface area contributed by atoms with Crippen molar-refractivity contribution in [3.8, 4) is 5.75 Å². The van der Waals surface area contributed by atoms with E-state index in [1.54, 1.807) is 55.1 Å². The third kappa shape index (κ3) is 4.08. The molecule has 9 heteroatoms. The molecule has 0 saturated carbocycles. The molecule has 0 aromatic heterocycles. The summed E-state index contributed by atoms with van der Waals surface area (Å²) < 4.78 is 4.05. The van der Waals surface area contributed by atoms with E-state index in [1.165, 1.54) is 0 Å². The molecular weight excluding hydrogens is 490 g/mol. The zero-order chi connectivity index (χ0) is 26.4. The van der Waals surface area contributed by atoms with Crippen molar-refractivity contribution in [1.82, 2.24) is 10.2 Å². The number of nitrogens with one attached hydrogen (secondary N) is 2. The molecule has 8 nitrogen and oxygen atoms in total. The van der Waals surface area contributed by atoms with Gasteiger partial charge in [0.05, 0.1) is 36.3 Å². The van der Waals surface area contributed by atoms with Crippen LogP contribution in [0.5, 0.6) is 5.75 Å². The molecule has 3 saturated heterocycles. The van der Waals surface area contributed by atoms with Crippen molar-refractivity contribution in [2.45, 2.75) is 47.8 Å². The highest BCUT2D eigenvalue weighted by molar-refractivity contribution is 8.02. The Morgan fingerprint density at radius 2 is 1.84 bits per heavy atom. The molecule has 2 bridgehead atoms. The van der Waals surface area contributed by atoms with Crippen LogP contribution in [-0.4, -0.2) is 70.1 Å². The maximum absolute atomic E-state index is 14.2. The van der Waals surface area contributed by atoms with Crippen LogP contribution in [0.2, 0.25) is 0 Å². The lowest BCUT2D eigenvalue weighted by molar-refractivity contribution is -0.142. The van der Waals surface area contributed by atoms with Crippen LogP contribution in [0.1, 0.15) is 25.3 Å². The largest absolute Gasteiger partial charge is 0.497 e. The Labute approximate surface area is 221 Å². The summed E-state index contributed by atoms with van der Waals surface area (Å²) in [6.45, 7) is 1.75. The van der Waals surface area contributed by atoms with Crippen LogP contribution in [0, 0.1) is 11.8 Å². The summed E-state index contributed by atoms with van der Waals surface area (Å²) in [7, 11) is 3.17. The van der Waals surface area contributed by atoms with Gasteiger partial charge in [0, 0.05) is 17.5 Å². The molecule has 2 aromatic rings. The molecule has 3 aliphatic heterocycles. The highest BCUT2D eigenvalue weighted by atomic mass is 32.2. The Balaban J connectivity index is 1.55. The van der Waals surface area contributed by atoms with Gasteiger partial charge >= 0.3 is 0 Å². The highest BCUT2D eigenvalue weighted by Gasteiger charge is 2.77. The number of rotatable bonds is 8. The highest BCUT2D eigenvalue weighted by Crippen LogP contribution is 2.71. The van der Waals surface area contributed by atoms with Crippen LogP contribution in [0.4, 0.5) is 5.69 Å². The molecule has 196 valence electrons. The lowest BCUT2D eigenvalue weighted by Crippen LogP contribution is -2.55. The van der Waals surface area contributed by atoms with Crippen LogP contribution < -0.4 is 15.4 Å². The van der Waals surface area contributed by atoms with E-state index in [0.717, 1.165) is 12.0 Å². The molecule has 2 unspecified atom stereocenters. The van der Waals surface area contributed by atoms with Crippen molar-refractivity contribution >= 4 is 35.2 Å². The van der Waals surface area contributed by atoms with Crippen molar-refractivity contribution < 1.29 is 24.2 Å². The number of aliphatic hydroxyl groups is 1. The van der Waals surface area contributed by atoms with Gasteiger partial charge in [-0.2, -0.15) is 0 Å². The number of amides is 3. The Morgan fingerprint density at radius 1 is 1.14 bits per heavy atom. The summed E-state index contributed by atoms with van der Waals surface area (Å²) in [5, 5.41) is 16.2. The van der Waals surface area contributed by atoms with Crippen molar-refractivity contribution in [2.24, 2.45) is 11.8 Å². The van der Waals surface area contributed by atoms with E-state index < -0.39 is 33.4 Å². The van der Waals surface area contributed by atoms with Crippen LogP contribution in [0.3, 0.4) is 0 Å². The molecule has 0 radical (unpaired) electrons. The number of nitrogens with zero attached hydrogens (tertiary/aromatic N) is 1. The van der Waals surface area contributed by atoms with E-state index in [0.29, 0.717) is 24.3 Å². The third-order valence-electron chi connectivity index (χ3n) is 8.27. The number of hydrogen-bond acceptors (Lipinski definition) is 6. The second kappa shape index (κ2) is 9.68. The number of hydrogen-bond donors (Lipinski definition) is 3. The second-order valence-corrected chi connectivity index (χ2v) is 12.2. The number of ether oxygens (including phenoxy) is 1. The zero-order valence-electron chi connectivity index (χ0n) is 21.3. The number of likely N-dealkylation sites (tertiary alicyclic amines) is 1. The fraction of sp³-hybridized carbons (Fsp3) is 0.464. The number of carbonyl (C=O) groups excluding carboxylic acids is 3. The van der Waals surface area contributed by atoms with E-state index in [4.69, 9.17) is 4.74 Å². The average Bonchev–Trinajstić information content (AvgIpc) is 3.48. The summed E-state index contributed by atoms with van der Waals surface area (Å²) in [5.74, 6) is -1.21. The van der Waals surface area contributed by atoms with Gasteiger partial charge in [0.2, 0.25) is 17.7 Å². The molecule has 0 aliphatic carbocycles. The number of methoxy groups -OCH3 is 1. The first-order valence-electron chi connectivity index (χ1n) is 12.6. The summed E-state index contributed by atoms with van der Waals surface area (Å²) in [6, 6.07) is 15.3. The van der Waals surface area contributed by atoms with Gasteiger partial charge < -0.3 is 25.4 Å². The quantitative estimate of drug-likeness (QED) is 0.491. The van der Waals surface area contributed by atoms with E-state index >= 15 is 0 Å². The predicted octanol–water partition coefficient (Wildman–Crippen LogP) is 2.46. The Bertz CT molecular complexity index is 1190. The smallest absolute Gasteiger partial charge is 0.248 e. The zero-order valence-corrected chi connectivity index (χ0v) is 22.1. The Hall–Kier alpha value is -3.04. The molecule has 5 rings (SSSR count).